The highest BCUT2D eigenvalue weighted by molar-refractivity contribution is 6.14. The molecule has 0 aliphatic heterocycles. The minimum atomic E-state index is 0.438. The quantitative estimate of drug-likeness (QED) is 0.0733. The van der Waals surface area contributed by atoms with Gasteiger partial charge in [-0.2, -0.15) is 5.26 Å². The Balaban J connectivity index is 0.802. The van der Waals surface area contributed by atoms with Gasteiger partial charge in [0.05, 0.1) is 45.1 Å². The van der Waals surface area contributed by atoms with Crippen molar-refractivity contribution in [2.45, 2.75) is 0 Å². The van der Waals surface area contributed by atoms with Gasteiger partial charge in [-0.3, -0.25) is 0 Å². The van der Waals surface area contributed by atoms with Crippen molar-refractivity contribution in [2.75, 3.05) is 0 Å². The monoisotopic (exact) mass is 1740 g/mol. The number of aromatic nitrogens is 17. The molecule has 7 aromatic heterocycles. The molecule has 0 spiro atoms. The second-order valence-electron chi connectivity index (χ2n) is 32.9. The molecule has 136 heavy (non-hydrogen) atoms. The molecule has 0 fully saturated rings. The molecule has 0 saturated heterocycles. The SMILES string of the molecule is N#Cc1ccccc1-c1ccc(-c2cc(-c3nc(-c4ccccc4)nc(-c4ccccc4)n3)ccc2-n2c3ccc(-c4nc(-c5ccccc5)nc(-c5ccccc5)n4)cc3c3cc(-c4nc(-c5ccccc5)nc(-c5ccccc5)n4)ccc32)c(-n2c3ccc(-c4nc(-c5ccccc5)nc(-c5ccccc5)n4)cc3c3cc(-c4nc(-c5ccccc5)nc(-c5ccccc5)n4)ccc32)c1. The van der Waals surface area contributed by atoms with Crippen LogP contribution in [0.5, 0.6) is 0 Å². The summed E-state index contributed by atoms with van der Waals surface area (Å²) >= 11 is 0. The molecule has 634 valence electrons. The van der Waals surface area contributed by atoms with Gasteiger partial charge in [-0.05, 0) is 114 Å². The van der Waals surface area contributed by atoms with Gasteiger partial charge in [0, 0.05) is 116 Å². The van der Waals surface area contributed by atoms with Crippen molar-refractivity contribution in [3.8, 4) is 211 Å². The molecule has 0 aliphatic carbocycles. The Hall–Kier alpha value is -19.1. The molecule has 0 radical (unpaired) electrons. The van der Waals surface area contributed by atoms with Crippen molar-refractivity contribution in [3.05, 3.63) is 442 Å². The predicted octanol–water partition coefficient (Wildman–Crippen LogP) is 27.0. The summed E-state index contributed by atoms with van der Waals surface area (Å²) in [6, 6.07) is 150. The fraction of sp³-hybridized carbons (Fsp3) is 0. The zero-order chi connectivity index (χ0) is 90.4. The first kappa shape index (κ1) is 80.2. The summed E-state index contributed by atoms with van der Waals surface area (Å²) in [6.07, 6.45) is 0. The van der Waals surface area contributed by atoms with Crippen molar-refractivity contribution in [1.82, 2.24) is 83.9 Å². The highest BCUT2D eigenvalue weighted by atomic mass is 15.1. The van der Waals surface area contributed by atoms with E-state index < -0.39 is 0 Å². The van der Waals surface area contributed by atoms with E-state index in [1.54, 1.807) is 0 Å². The van der Waals surface area contributed by atoms with E-state index in [1.807, 2.05) is 328 Å². The van der Waals surface area contributed by atoms with E-state index in [0.29, 0.717) is 98.5 Å². The van der Waals surface area contributed by atoms with E-state index in [9.17, 15) is 5.26 Å². The van der Waals surface area contributed by atoms with Crippen LogP contribution in [-0.2, 0) is 0 Å². The Morgan fingerprint density at radius 1 is 0.147 bits per heavy atom. The van der Waals surface area contributed by atoms with Gasteiger partial charge in [-0.25, -0.2) is 74.8 Å². The Morgan fingerprint density at radius 3 is 0.588 bits per heavy atom. The van der Waals surface area contributed by atoms with Crippen molar-refractivity contribution in [3.63, 3.8) is 0 Å². The van der Waals surface area contributed by atoms with Gasteiger partial charge in [-0.1, -0.05) is 334 Å². The van der Waals surface area contributed by atoms with Gasteiger partial charge >= 0.3 is 0 Å². The molecule has 0 atom stereocenters. The van der Waals surface area contributed by atoms with Crippen LogP contribution in [-0.4, -0.2) is 83.9 Å². The molecule has 0 saturated carbocycles. The van der Waals surface area contributed by atoms with E-state index in [4.69, 9.17) is 74.8 Å². The molecule has 24 aromatic rings. The minimum absolute atomic E-state index is 0.438. The standard InChI is InChI=1S/C118H72N18/c119-73-90-53-31-32-54-91(90)84-55-61-92(103(72-84)136-101-65-59-88(117-131-110(80-45-23-7-24-46-80)123-111(132-117)81-47-25-8-26-48-81)70-96(101)97-71-89(60-66-102(97)136)118-133-112(82-49-27-9-28-50-82)124-113(134-118)83-51-29-10-30-52-83)93-67-85(114-125-104(74-33-11-1-12-34-74)120-105(126-114)75-35-13-2-14-36-75)56-62-98(93)135-99-63-57-86(115-127-106(76-37-15-3-16-38-76)121-107(128-115)77-39-17-4-18-40-77)68-94(99)95-69-87(58-64-100(95)135)116-129-108(78-41-19-5-20-42-78)122-109(130-116)79-43-21-6-22-44-79/h1-72H. The second-order valence-corrected chi connectivity index (χ2v) is 32.9. The molecule has 17 aromatic carbocycles. The predicted molar refractivity (Wildman–Crippen MR) is 539 cm³/mol. The van der Waals surface area contributed by atoms with Gasteiger partial charge < -0.3 is 9.13 Å². The van der Waals surface area contributed by atoms with Crippen LogP contribution in [0.2, 0.25) is 0 Å². The summed E-state index contributed by atoms with van der Waals surface area (Å²) in [5.41, 5.74) is 20.5. The second kappa shape index (κ2) is 34.7. The van der Waals surface area contributed by atoms with Gasteiger partial charge in [0.15, 0.2) is 87.4 Å². The van der Waals surface area contributed by atoms with Crippen LogP contribution < -0.4 is 0 Å². The number of hydrogen-bond acceptors (Lipinski definition) is 16. The lowest BCUT2D eigenvalue weighted by Crippen LogP contribution is -2.04. The van der Waals surface area contributed by atoms with Crippen molar-refractivity contribution in [2.24, 2.45) is 0 Å². The maximum absolute atomic E-state index is 11.2. The molecule has 24 rings (SSSR count). The lowest BCUT2D eigenvalue weighted by molar-refractivity contribution is 1.07. The van der Waals surface area contributed by atoms with Crippen LogP contribution in [0.1, 0.15) is 5.56 Å². The first-order valence-electron chi connectivity index (χ1n) is 44.6. The smallest absolute Gasteiger partial charge is 0.164 e. The normalized spacial score (nSPS) is 11.4. The van der Waals surface area contributed by atoms with Crippen molar-refractivity contribution in [1.29, 1.82) is 5.26 Å². The van der Waals surface area contributed by atoms with Crippen LogP contribution in [0.4, 0.5) is 0 Å². The molecule has 18 heteroatoms. The summed E-state index contributed by atoms with van der Waals surface area (Å²) in [4.78, 5) is 79.5. The summed E-state index contributed by atoms with van der Waals surface area (Å²) in [6.45, 7) is 0. The van der Waals surface area contributed by atoms with E-state index >= 15 is 0 Å². The summed E-state index contributed by atoms with van der Waals surface area (Å²) in [7, 11) is 0. The Bertz CT molecular complexity index is 8100. The van der Waals surface area contributed by atoms with E-state index in [0.717, 1.165) is 155 Å². The van der Waals surface area contributed by atoms with E-state index in [2.05, 4.69) is 124 Å². The average molecular weight is 1740 g/mol. The third-order valence-electron chi connectivity index (χ3n) is 24.4. The fourth-order valence-corrected chi connectivity index (χ4v) is 17.8. The van der Waals surface area contributed by atoms with Crippen LogP contribution in [0.3, 0.4) is 0 Å². The summed E-state index contributed by atoms with van der Waals surface area (Å²) in [5.74, 6) is 7.54. The summed E-state index contributed by atoms with van der Waals surface area (Å²) < 4.78 is 4.70. The van der Waals surface area contributed by atoms with Gasteiger partial charge in [-0.15, -0.1) is 0 Å². The number of rotatable bonds is 19. The van der Waals surface area contributed by atoms with Gasteiger partial charge in [0.2, 0.25) is 0 Å². The number of fused-ring (bicyclic) bond motifs is 6. The van der Waals surface area contributed by atoms with Crippen LogP contribution in [0.15, 0.2) is 437 Å². The molecular weight excluding hydrogens is 1670 g/mol. The van der Waals surface area contributed by atoms with E-state index in [-0.39, 0.29) is 0 Å². The molecule has 0 amide bonds. The van der Waals surface area contributed by atoms with Crippen molar-refractivity contribution >= 4 is 43.6 Å². The molecular formula is C118H72N18. The maximum atomic E-state index is 11.2. The van der Waals surface area contributed by atoms with Crippen molar-refractivity contribution < 1.29 is 0 Å². The first-order valence-corrected chi connectivity index (χ1v) is 44.6. The van der Waals surface area contributed by atoms with Crippen LogP contribution in [0, 0.1) is 11.3 Å². The molecule has 0 bridgehead atoms. The molecule has 0 aliphatic rings. The zero-order valence-electron chi connectivity index (χ0n) is 72.6. The summed E-state index contributed by atoms with van der Waals surface area (Å²) in [5, 5.41) is 14.7. The maximum Gasteiger partial charge on any atom is 0.164 e. The first-order chi connectivity index (χ1) is 67.3. The Morgan fingerprint density at radius 2 is 0.346 bits per heavy atom. The lowest BCUT2D eigenvalue weighted by Gasteiger charge is -2.21. The molecule has 0 unspecified atom stereocenters. The third-order valence-corrected chi connectivity index (χ3v) is 24.4. The fourth-order valence-electron chi connectivity index (χ4n) is 17.8. The minimum Gasteiger partial charge on any atom is -0.309 e. The van der Waals surface area contributed by atoms with Gasteiger partial charge in [0.25, 0.3) is 0 Å². The number of nitriles is 1. The van der Waals surface area contributed by atoms with Gasteiger partial charge in [0.1, 0.15) is 0 Å². The largest absolute Gasteiger partial charge is 0.309 e. The van der Waals surface area contributed by atoms with E-state index in [1.165, 1.54) is 0 Å². The number of benzene rings is 17. The topological polar surface area (TPSA) is 227 Å². The highest BCUT2D eigenvalue weighted by Gasteiger charge is 2.28. The number of nitrogens with zero attached hydrogens (tertiary/aromatic N) is 18. The molecule has 7 heterocycles. The van der Waals surface area contributed by atoms with Crippen LogP contribution >= 0.6 is 0 Å². The third kappa shape index (κ3) is 15.3. The zero-order valence-corrected chi connectivity index (χ0v) is 72.6. The highest BCUT2D eigenvalue weighted by Crippen LogP contribution is 2.47. The Labute approximate surface area is 780 Å². The Kier molecular flexibility index (Phi) is 20.5. The molecule has 18 nitrogen and oxygen atoms in total. The number of hydrogen-bond donors (Lipinski definition) is 0. The lowest BCUT2D eigenvalue weighted by atomic mass is 9.93. The molecule has 0 N–H and O–H groups in total. The van der Waals surface area contributed by atoms with Crippen LogP contribution in [0.25, 0.3) is 248 Å². The average Bonchev–Trinajstić information content (AvgIpc) is 1.54.